The Hall–Kier alpha value is -0.380. The van der Waals surface area contributed by atoms with Gasteiger partial charge in [0.1, 0.15) is 0 Å². The highest BCUT2D eigenvalue weighted by atomic mass is 32.1. The third-order valence-corrected chi connectivity index (χ3v) is 4.53. The molecular weight excluding hydrogens is 192 g/mol. The van der Waals surface area contributed by atoms with E-state index in [9.17, 15) is 0 Å². The molecule has 0 spiro atoms. The fraction of sp³-hybridized carbons (Fsp3) is 0.636. The maximum absolute atomic E-state index is 6.23. The highest BCUT2D eigenvalue weighted by molar-refractivity contribution is 7.10. The van der Waals surface area contributed by atoms with E-state index in [1.807, 2.05) is 11.3 Å². The lowest BCUT2D eigenvalue weighted by molar-refractivity contribution is 0.122. The van der Waals surface area contributed by atoms with E-state index >= 15 is 0 Å². The molecule has 0 saturated carbocycles. The van der Waals surface area contributed by atoms with Gasteiger partial charge in [0.25, 0.3) is 0 Å². The number of piperidine rings is 1. The van der Waals surface area contributed by atoms with Gasteiger partial charge in [0.2, 0.25) is 0 Å². The van der Waals surface area contributed by atoms with Gasteiger partial charge in [0, 0.05) is 17.5 Å². The minimum Gasteiger partial charge on any atom is -0.326 e. The molecule has 3 heterocycles. The van der Waals surface area contributed by atoms with E-state index in [1.165, 1.54) is 32.4 Å². The van der Waals surface area contributed by atoms with Crippen LogP contribution in [0.1, 0.15) is 29.3 Å². The average Bonchev–Trinajstić information content (AvgIpc) is 2.65. The Morgan fingerprint density at radius 2 is 2.36 bits per heavy atom. The van der Waals surface area contributed by atoms with Crippen LogP contribution in [0.15, 0.2) is 11.4 Å². The molecule has 2 atom stereocenters. The van der Waals surface area contributed by atoms with Crippen molar-refractivity contribution < 1.29 is 0 Å². The second-order valence-corrected chi connectivity index (χ2v) is 5.29. The van der Waals surface area contributed by atoms with Crippen molar-refractivity contribution in [1.82, 2.24) is 4.90 Å². The Labute approximate surface area is 88.7 Å². The van der Waals surface area contributed by atoms with Gasteiger partial charge in [-0.1, -0.05) is 0 Å². The number of hydrogen-bond acceptors (Lipinski definition) is 3. The van der Waals surface area contributed by atoms with Crippen LogP contribution >= 0.6 is 11.3 Å². The van der Waals surface area contributed by atoms with Gasteiger partial charge in [-0.25, -0.2) is 0 Å². The van der Waals surface area contributed by atoms with Crippen LogP contribution in [0, 0.1) is 0 Å². The molecule has 1 aromatic heterocycles. The Bertz CT molecular complexity index is 334. The molecule has 3 rings (SSSR count). The predicted molar refractivity (Wildman–Crippen MR) is 59.5 cm³/mol. The van der Waals surface area contributed by atoms with Crippen LogP contribution in [-0.2, 0) is 6.42 Å². The largest absolute Gasteiger partial charge is 0.326 e. The zero-order chi connectivity index (χ0) is 9.54. The molecule has 14 heavy (non-hydrogen) atoms. The lowest BCUT2D eigenvalue weighted by Crippen LogP contribution is -2.48. The van der Waals surface area contributed by atoms with Crippen molar-refractivity contribution in [2.24, 2.45) is 5.73 Å². The summed E-state index contributed by atoms with van der Waals surface area (Å²) >= 11 is 1.89. The molecular formula is C11H16N2S. The highest BCUT2D eigenvalue weighted by Gasteiger charge is 2.35. The maximum atomic E-state index is 6.23. The molecule has 76 valence electrons. The highest BCUT2D eigenvalue weighted by Crippen LogP contribution is 2.38. The van der Waals surface area contributed by atoms with Crippen LogP contribution in [-0.4, -0.2) is 24.0 Å². The summed E-state index contributed by atoms with van der Waals surface area (Å²) in [6.07, 6.45) is 3.69. The van der Waals surface area contributed by atoms with Gasteiger partial charge in [-0.15, -0.1) is 11.3 Å². The molecule has 0 radical (unpaired) electrons. The molecule has 3 heteroatoms. The van der Waals surface area contributed by atoms with E-state index in [0.29, 0.717) is 12.1 Å². The third-order valence-electron chi connectivity index (χ3n) is 3.50. The Morgan fingerprint density at radius 1 is 1.43 bits per heavy atom. The first kappa shape index (κ1) is 8.89. The standard InChI is InChI=1S/C11H16N2S/c12-9-2-1-5-13-6-3-8-4-7-14-11(8)10(9)13/h4,7,9-10H,1-3,5-6,12H2. The second kappa shape index (κ2) is 3.33. The number of hydrogen-bond donors (Lipinski definition) is 1. The summed E-state index contributed by atoms with van der Waals surface area (Å²) in [7, 11) is 0. The van der Waals surface area contributed by atoms with Gasteiger partial charge < -0.3 is 5.73 Å². The van der Waals surface area contributed by atoms with E-state index < -0.39 is 0 Å². The summed E-state index contributed by atoms with van der Waals surface area (Å²) in [4.78, 5) is 4.12. The predicted octanol–water partition coefficient (Wildman–Crippen LogP) is 1.77. The molecule has 0 aliphatic carbocycles. The number of fused-ring (bicyclic) bond motifs is 3. The van der Waals surface area contributed by atoms with Crippen LogP contribution < -0.4 is 5.73 Å². The Kier molecular flexibility index (Phi) is 2.11. The Morgan fingerprint density at radius 3 is 3.29 bits per heavy atom. The number of thiophene rings is 1. The summed E-state index contributed by atoms with van der Waals surface area (Å²) in [5.74, 6) is 0. The maximum Gasteiger partial charge on any atom is 0.0596 e. The number of rotatable bonds is 0. The van der Waals surface area contributed by atoms with Gasteiger partial charge in [-0.05, 0) is 42.8 Å². The molecule has 1 saturated heterocycles. The van der Waals surface area contributed by atoms with Crippen molar-refractivity contribution in [1.29, 1.82) is 0 Å². The monoisotopic (exact) mass is 208 g/mol. The van der Waals surface area contributed by atoms with Crippen molar-refractivity contribution >= 4 is 11.3 Å². The van der Waals surface area contributed by atoms with Crippen molar-refractivity contribution in [3.63, 3.8) is 0 Å². The van der Waals surface area contributed by atoms with Gasteiger partial charge in [-0.3, -0.25) is 4.90 Å². The zero-order valence-electron chi connectivity index (χ0n) is 8.28. The molecule has 2 nitrogen and oxygen atoms in total. The van der Waals surface area contributed by atoms with E-state index in [-0.39, 0.29) is 0 Å². The Balaban J connectivity index is 2.00. The molecule has 2 aliphatic heterocycles. The van der Waals surface area contributed by atoms with Crippen LogP contribution in [0.5, 0.6) is 0 Å². The molecule has 0 aromatic carbocycles. The van der Waals surface area contributed by atoms with Crippen molar-refractivity contribution in [2.75, 3.05) is 13.1 Å². The first-order valence-electron chi connectivity index (χ1n) is 5.42. The first-order valence-corrected chi connectivity index (χ1v) is 6.30. The third kappa shape index (κ3) is 1.23. The summed E-state index contributed by atoms with van der Waals surface area (Å²) < 4.78 is 0. The van der Waals surface area contributed by atoms with Gasteiger partial charge in [0.05, 0.1) is 6.04 Å². The van der Waals surface area contributed by atoms with Crippen molar-refractivity contribution in [3.8, 4) is 0 Å². The molecule has 2 aliphatic rings. The van der Waals surface area contributed by atoms with Crippen molar-refractivity contribution in [2.45, 2.75) is 31.3 Å². The molecule has 1 fully saturated rings. The molecule has 0 amide bonds. The quantitative estimate of drug-likeness (QED) is 0.704. The summed E-state index contributed by atoms with van der Waals surface area (Å²) in [6.45, 7) is 2.46. The smallest absolute Gasteiger partial charge is 0.0596 e. The van der Waals surface area contributed by atoms with Gasteiger partial charge >= 0.3 is 0 Å². The average molecular weight is 208 g/mol. The van der Waals surface area contributed by atoms with Gasteiger partial charge in [0.15, 0.2) is 0 Å². The minimum absolute atomic E-state index is 0.362. The van der Waals surface area contributed by atoms with Crippen LogP contribution in [0.25, 0.3) is 0 Å². The molecule has 1 aromatic rings. The second-order valence-electron chi connectivity index (χ2n) is 4.35. The van der Waals surface area contributed by atoms with Crippen LogP contribution in [0.3, 0.4) is 0 Å². The number of nitrogens with zero attached hydrogens (tertiary/aromatic N) is 1. The van der Waals surface area contributed by atoms with E-state index in [2.05, 4.69) is 16.3 Å². The topological polar surface area (TPSA) is 29.3 Å². The fourth-order valence-corrected chi connectivity index (χ4v) is 3.95. The SMILES string of the molecule is NC1CCCN2CCc3ccsc3C12. The molecule has 2 unspecified atom stereocenters. The minimum atomic E-state index is 0.362. The normalized spacial score (nSPS) is 32.4. The van der Waals surface area contributed by atoms with Gasteiger partial charge in [-0.2, -0.15) is 0 Å². The molecule has 0 bridgehead atoms. The van der Waals surface area contributed by atoms with E-state index in [1.54, 1.807) is 10.4 Å². The van der Waals surface area contributed by atoms with Crippen LogP contribution in [0.4, 0.5) is 0 Å². The van der Waals surface area contributed by atoms with E-state index in [0.717, 1.165) is 0 Å². The summed E-state index contributed by atoms with van der Waals surface area (Å²) in [5.41, 5.74) is 7.78. The fourth-order valence-electron chi connectivity index (χ4n) is 2.79. The number of nitrogens with two attached hydrogens (primary N) is 1. The summed E-state index contributed by atoms with van der Waals surface area (Å²) in [5, 5.41) is 2.22. The van der Waals surface area contributed by atoms with Crippen LogP contribution in [0.2, 0.25) is 0 Å². The summed E-state index contributed by atoms with van der Waals surface area (Å²) in [6, 6.07) is 3.17. The van der Waals surface area contributed by atoms with Crippen molar-refractivity contribution in [3.05, 3.63) is 21.9 Å². The lowest BCUT2D eigenvalue weighted by Gasteiger charge is -2.42. The first-order chi connectivity index (χ1) is 6.86. The lowest BCUT2D eigenvalue weighted by atomic mass is 9.90. The molecule has 2 N–H and O–H groups in total. The van der Waals surface area contributed by atoms with E-state index in [4.69, 9.17) is 5.73 Å². The zero-order valence-corrected chi connectivity index (χ0v) is 9.09.